The molecule has 0 aliphatic rings. The minimum atomic E-state index is -0.163. The van der Waals surface area contributed by atoms with Gasteiger partial charge < -0.3 is 9.57 Å². The van der Waals surface area contributed by atoms with E-state index in [-0.39, 0.29) is 5.97 Å². The zero-order valence-corrected chi connectivity index (χ0v) is 8.31. The first kappa shape index (κ1) is 12.6. The molecule has 0 fully saturated rings. The molecule has 0 heterocycles. The highest BCUT2D eigenvalue weighted by molar-refractivity contribution is 5.69. The average molecular weight is 201 g/mol. The van der Waals surface area contributed by atoms with Gasteiger partial charge in [0.25, 0.3) is 0 Å². The smallest absolute Gasteiger partial charge is 0.305 e. The van der Waals surface area contributed by atoms with Crippen molar-refractivity contribution in [3.8, 4) is 0 Å². The third kappa shape index (κ3) is 8.67. The highest BCUT2D eigenvalue weighted by Gasteiger charge is 2.00. The summed E-state index contributed by atoms with van der Waals surface area (Å²) < 4.78 is 4.75. The van der Waals surface area contributed by atoms with Gasteiger partial charge in [-0.3, -0.25) is 4.79 Å². The van der Waals surface area contributed by atoms with Crippen molar-refractivity contribution in [1.82, 2.24) is 0 Å². The number of ether oxygens (including phenoxy) is 1. The van der Waals surface area contributed by atoms with E-state index < -0.39 is 0 Å². The van der Waals surface area contributed by atoms with Gasteiger partial charge in [-0.1, -0.05) is 0 Å². The molecule has 0 saturated heterocycles. The predicted molar refractivity (Wildman–Crippen MR) is 50.2 cm³/mol. The van der Waals surface area contributed by atoms with Crippen molar-refractivity contribution in [2.75, 3.05) is 13.2 Å². The van der Waals surface area contributed by atoms with E-state index in [4.69, 9.17) is 10.3 Å². The summed E-state index contributed by atoms with van der Waals surface area (Å²) in [5, 5.41) is 2.92. The summed E-state index contributed by atoms with van der Waals surface area (Å²) >= 11 is 0. The van der Waals surface area contributed by atoms with E-state index in [2.05, 4.69) is 15.0 Å². The Kier molecular flexibility index (Phi) is 8.69. The topological polar surface area (TPSA) is 84.3 Å². The Labute approximate surface area is 82.8 Å². The molecule has 0 aliphatic heterocycles. The second kappa shape index (κ2) is 9.67. The van der Waals surface area contributed by atoms with Gasteiger partial charge in [-0.15, -0.1) is 0 Å². The third-order valence-corrected chi connectivity index (χ3v) is 1.52. The maximum atomic E-state index is 10.9. The first-order valence-electron chi connectivity index (χ1n) is 4.63. The number of esters is 1. The van der Waals surface area contributed by atoms with Gasteiger partial charge >= 0.3 is 5.97 Å². The van der Waals surface area contributed by atoms with Crippen LogP contribution in [0.4, 0.5) is 0 Å². The molecule has 0 radical (unpaired) electrons. The van der Waals surface area contributed by atoms with E-state index in [9.17, 15) is 4.79 Å². The van der Waals surface area contributed by atoms with E-state index in [0.29, 0.717) is 19.6 Å². The minimum absolute atomic E-state index is 0.163. The lowest BCUT2D eigenvalue weighted by atomic mass is 10.2. The van der Waals surface area contributed by atoms with Gasteiger partial charge in [-0.2, -0.15) is 0 Å². The van der Waals surface area contributed by atoms with Crippen molar-refractivity contribution in [2.45, 2.75) is 32.6 Å². The summed E-state index contributed by atoms with van der Waals surface area (Å²) in [5.41, 5.74) is 7.87. The minimum Gasteiger partial charge on any atom is -0.466 e. The van der Waals surface area contributed by atoms with Gasteiger partial charge in [0.15, 0.2) is 0 Å². The van der Waals surface area contributed by atoms with Gasteiger partial charge in [-0.05, 0) is 31.7 Å². The first-order valence-corrected chi connectivity index (χ1v) is 4.63. The van der Waals surface area contributed by atoms with Gasteiger partial charge in [0.1, 0.15) is 5.28 Å². The first-order chi connectivity index (χ1) is 6.81. The number of nitrogens with zero attached hydrogens (tertiary/aromatic N) is 3. The molecular formula is C8H15N3O3. The Morgan fingerprint density at radius 1 is 1.43 bits per heavy atom. The highest BCUT2D eigenvalue weighted by atomic mass is 16.6. The number of carbonyl (C=O) groups is 1. The summed E-state index contributed by atoms with van der Waals surface area (Å²) in [4.78, 5) is 17.8. The fourth-order valence-electron chi connectivity index (χ4n) is 0.913. The predicted octanol–water partition coefficient (Wildman–Crippen LogP) is 2.35. The van der Waals surface area contributed by atoms with Gasteiger partial charge in [0.2, 0.25) is 0 Å². The van der Waals surface area contributed by atoms with Crippen molar-refractivity contribution in [1.29, 1.82) is 0 Å². The lowest BCUT2D eigenvalue weighted by Gasteiger charge is -2.01. The molecule has 0 spiro atoms. The van der Waals surface area contributed by atoms with E-state index in [0.717, 1.165) is 19.3 Å². The molecule has 6 nitrogen and oxygen atoms in total. The SMILES string of the molecule is CCOC(=O)CCCCCON=[N+]=[N-]. The molecule has 0 saturated carbocycles. The lowest BCUT2D eigenvalue weighted by Crippen LogP contribution is -2.03. The average Bonchev–Trinajstić information content (AvgIpc) is 2.17. The maximum Gasteiger partial charge on any atom is 0.305 e. The fourth-order valence-corrected chi connectivity index (χ4v) is 0.913. The monoisotopic (exact) mass is 201 g/mol. The van der Waals surface area contributed by atoms with Crippen LogP contribution in [0.15, 0.2) is 5.28 Å². The Morgan fingerprint density at radius 2 is 2.21 bits per heavy atom. The van der Waals surface area contributed by atoms with Gasteiger partial charge in [-0.25, -0.2) is 0 Å². The third-order valence-electron chi connectivity index (χ3n) is 1.52. The summed E-state index contributed by atoms with van der Waals surface area (Å²) in [7, 11) is 0. The Balaban J connectivity index is 3.13. The normalized spacial score (nSPS) is 8.93. The number of hydrogen-bond donors (Lipinski definition) is 0. The zero-order chi connectivity index (χ0) is 10.6. The molecule has 0 rings (SSSR count). The quantitative estimate of drug-likeness (QED) is 0.151. The molecule has 0 bridgehead atoms. The second-order valence-electron chi connectivity index (χ2n) is 2.62. The second-order valence-corrected chi connectivity index (χ2v) is 2.62. The van der Waals surface area contributed by atoms with Crippen molar-refractivity contribution in [3.05, 3.63) is 10.4 Å². The van der Waals surface area contributed by atoms with Crippen LogP contribution in [0.1, 0.15) is 32.6 Å². The van der Waals surface area contributed by atoms with E-state index in [1.165, 1.54) is 0 Å². The van der Waals surface area contributed by atoms with Gasteiger partial charge in [0.05, 0.1) is 13.2 Å². The molecule has 0 atom stereocenters. The standard InChI is InChI=1S/C8H15N3O3/c1-2-13-8(12)6-4-3-5-7-14-11-10-9/h2-7H2,1H3. The van der Waals surface area contributed by atoms with Crippen LogP contribution in [-0.4, -0.2) is 19.2 Å². The van der Waals surface area contributed by atoms with Crippen molar-refractivity contribution >= 4 is 5.97 Å². The van der Waals surface area contributed by atoms with Crippen LogP contribution in [0.5, 0.6) is 0 Å². The largest absolute Gasteiger partial charge is 0.466 e. The zero-order valence-electron chi connectivity index (χ0n) is 8.31. The number of azide groups is 1. The van der Waals surface area contributed by atoms with Crippen molar-refractivity contribution in [2.24, 2.45) is 5.28 Å². The lowest BCUT2D eigenvalue weighted by molar-refractivity contribution is -0.143. The van der Waals surface area contributed by atoms with E-state index in [1.807, 2.05) is 0 Å². The highest BCUT2D eigenvalue weighted by Crippen LogP contribution is 2.01. The van der Waals surface area contributed by atoms with Crippen LogP contribution in [0.2, 0.25) is 0 Å². The molecule has 0 aromatic heterocycles. The van der Waals surface area contributed by atoms with Gasteiger partial charge in [0, 0.05) is 11.3 Å². The molecule has 0 aliphatic carbocycles. The molecule has 80 valence electrons. The molecular weight excluding hydrogens is 186 g/mol. The Bertz CT molecular complexity index is 202. The Morgan fingerprint density at radius 3 is 2.86 bits per heavy atom. The molecule has 0 amide bonds. The van der Waals surface area contributed by atoms with Crippen LogP contribution < -0.4 is 0 Å². The van der Waals surface area contributed by atoms with Crippen LogP contribution in [0.25, 0.3) is 10.4 Å². The van der Waals surface area contributed by atoms with Crippen LogP contribution in [0.3, 0.4) is 0 Å². The van der Waals surface area contributed by atoms with E-state index >= 15 is 0 Å². The van der Waals surface area contributed by atoms with Crippen LogP contribution >= 0.6 is 0 Å². The van der Waals surface area contributed by atoms with Crippen molar-refractivity contribution < 1.29 is 14.4 Å². The molecule has 0 unspecified atom stereocenters. The Hall–Kier alpha value is -1.42. The molecule has 0 N–H and O–H groups in total. The molecule has 0 aromatic carbocycles. The van der Waals surface area contributed by atoms with Crippen LogP contribution in [0, 0.1) is 0 Å². The molecule has 6 heteroatoms. The fraction of sp³-hybridized carbons (Fsp3) is 0.875. The summed E-state index contributed by atoms with van der Waals surface area (Å²) in [5.74, 6) is -0.163. The summed E-state index contributed by atoms with van der Waals surface area (Å²) in [6, 6.07) is 0. The summed E-state index contributed by atoms with van der Waals surface area (Å²) in [6.07, 6.45) is 2.85. The number of hydrogen-bond acceptors (Lipinski definition) is 4. The summed E-state index contributed by atoms with van der Waals surface area (Å²) in [6.45, 7) is 2.61. The number of unbranched alkanes of at least 4 members (excludes halogenated alkanes) is 2. The molecule has 0 aromatic rings. The van der Waals surface area contributed by atoms with E-state index in [1.54, 1.807) is 6.92 Å². The van der Waals surface area contributed by atoms with Crippen LogP contribution in [-0.2, 0) is 14.4 Å². The number of carbonyl (C=O) groups excluding carboxylic acids is 1. The maximum absolute atomic E-state index is 10.9. The number of rotatable bonds is 8. The van der Waals surface area contributed by atoms with Crippen molar-refractivity contribution in [3.63, 3.8) is 0 Å². The molecule has 14 heavy (non-hydrogen) atoms.